The number of phenolic OH excluding ortho intramolecular Hbond substituents is 1. The number of amides is 1. The molecule has 0 aliphatic carbocycles. The number of rotatable bonds is 7. The summed E-state index contributed by atoms with van der Waals surface area (Å²) in [5, 5.41) is 17.2. The molecule has 0 fully saturated rings. The van der Waals surface area contributed by atoms with E-state index in [0.29, 0.717) is 36.5 Å². The standard InChI is InChI=1S/C22H24N6O3/c1-4-27-11-10-18(26-27)23-21(30)15-13-16-20(25-22(15)31-3)24-19(28(16)5-2)12-14-8-6-7-9-17(14)29/h6-11,13,29H,4-5,12H2,1-3H3,(H,23,26,30). The fraction of sp³-hybridized carbons (Fsp3) is 0.273. The summed E-state index contributed by atoms with van der Waals surface area (Å²) in [6.07, 6.45) is 2.24. The molecule has 160 valence electrons. The molecule has 31 heavy (non-hydrogen) atoms. The van der Waals surface area contributed by atoms with Crippen LogP contribution in [0.2, 0.25) is 0 Å². The van der Waals surface area contributed by atoms with Gasteiger partial charge in [-0.1, -0.05) is 18.2 Å². The summed E-state index contributed by atoms with van der Waals surface area (Å²) >= 11 is 0. The number of hydrogen-bond acceptors (Lipinski definition) is 6. The topological polar surface area (TPSA) is 107 Å². The predicted molar refractivity (Wildman–Crippen MR) is 117 cm³/mol. The number of pyridine rings is 1. The molecule has 0 radical (unpaired) electrons. The lowest BCUT2D eigenvalue weighted by Gasteiger charge is -2.09. The fourth-order valence-corrected chi connectivity index (χ4v) is 3.50. The minimum absolute atomic E-state index is 0.190. The first kappa shape index (κ1) is 20.4. The quantitative estimate of drug-likeness (QED) is 0.475. The highest BCUT2D eigenvalue weighted by Gasteiger charge is 2.21. The summed E-state index contributed by atoms with van der Waals surface area (Å²) in [4.78, 5) is 22.0. The van der Waals surface area contributed by atoms with Gasteiger partial charge in [-0.05, 0) is 26.0 Å². The van der Waals surface area contributed by atoms with Crippen LogP contribution in [0.1, 0.15) is 35.6 Å². The zero-order valence-corrected chi connectivity index (χ0v) is 17.7. The number of aromatic hydroxyl groups is 1. The maximum Gasteiger partial charge on any atom is 0.262 e. The maximum atomic E-state index is 12.9. The smallest absolute Gasteiger partial charge is 0.262 e. The Morgan fingerprint density at radius 2 is 1.97 bits per heavy atom. The van der Waals surface area contributed by atoms with E-state index >= 15 is 0 Å². The van der Waals surface area contributed by atoms with Crippen molar-refractivity contribution in [3.8, 4) is 11.6 Å². The molecule has 9 nitrogen and oxygen atoms in total. The summed E-state index contributed by atoms with van der Waals surface area (Å²) in [6, 6.07) is 10.6. The number of nitrogens with zero attached hydrogens (tertiary/aromatic N) is 5. The van der Waals surface area contributed by atoms with Crippen molar-refractivity contribution < 1.29 is 14.6 Å². The zero-order valence-electron chi connectivity index (χ0n) is 17.7. The third-order valence-corrected chi connectivity index (χ3v) is 5.09. The van der Waals surface area contributed by atoms with Gasteiger partial charge in [0.1, 0.15) is 17.1 Å². The molecule has 0 bridgehead atoms. The molecule has 0 atom stereocenters. The highest BCUT2D eigenvalue weighted by Crippen LogP contribution is 2.26. The second-order valence-corrected chi connectivity index (χ2v) is 6.98. The summed E-state index contributed by atoms with van der Waals surface area (Å²) in [7, 11) is 1.47. The number of hydrogen-bond donors (Lipinski definition) is 2. The molecule has 3 heterocycles. The molecule has 0 aliphatic heterocycles. The van der Waals surface area contributed by atoms with Crippen LogP contribution in [0.4, 0.5) is 5.82 Å². The van der Waals surface area contributed by atoms with Crippen molar-refractivity contribution >= 4 is 22.9 Å². The minimum Gasteiger partial charge on any atom is -0.508 e. The number of phenols is 1. The number of methoxy groups -OCH3 is 1. The molecule has 0 saturated heterocycles. The van der Waals surface area contributed by atoms with Crippen LogP contribution in [0.5, 0.6) is 11.6 Å². The molecule has 0 spiro atoms. The van der Waals surface area contributed by atoms with E-state index in [0.717, 1.165) is 16.9 Å². The molecular weight excluding hydrogens is 396 g/mol. The molecule has 1 amide bonds. The van der Waals surface area contributed by atoms with E-state index in [9.17, 15) is 9.90 Å². The van der Waals surface area contributed by atoms with E-state index in [1.54, 1.807) is 35.1 Å². The molecule has 9 heteroatoms. The van der Waals surface area contributed by atoms with Crippen LogP contribution in [0.15, 0.2) is 42.6 Å². The highest BCUT2D eigenvalue weighted by molar-refractivity contribution is 6.06. The van der Waals surface area contributed by atoms with Gasteiger partial charge >= 0.3 is 0 Å². The number of carbonyl (C=O) groups excluding carboxylic acids is 1. The van der Waals surface area contributed by atoms with Gasteiger partial charge in [-0.15, -0.1) is 0 Å². The van der Waals surface area contributed by atoms with E-state index in [1.165, 1.54) is 7.11 Å². The van der Waals surface area contributed by atoms with Crippen molar-refractivity contribution in [3.05, 3.63) is 59.5 Å². The van der Waals surface area contributed by atoms with Crippen LogP contribution in [-0.4, -0.2) is 42.4 Å². The van der Waals surface area contributed by atoms with Crippen molar-refractivity contribution in [1.82, 2.24) is 24.3 Å². The molecule has 4 aromatic rings. The lowest BCUT2D eigenvalue weighted by molar-refractivity contribution is 0.102. The van der Waals surface area contributed by atoms with Crippen LogP contribution < -0.4 is 10.1 Å². The lowest BCUT2D eigenvalue weighted by Crippen LogP contribution is -2.15. The van der Waals surface area contributed by atoms with Crippen LogP contribution >= 0.6 is 0 Å². The predicted octanol–water partition coefficient (Wildman–Crippen LogP) is 3.22. The summed E-state index contributed by atoms with van der Waals surface area (Å²) in [5.41, 5.74) is 2.27. The van der Waals surface area contributed by atoms with Gasteiger partial charge in [0, 0.05) is 37.3 Å². The number of ether oxygens (including phenoxy) is 1. The molecule has 0 aliphatic rings. The second kappa shape index (κ2) is 8.47. The van der Waals surface area contributed by atoms with Crippen molar-refractivity contribution in [1.29, 1.82) is 0 Å². The third kappa shape index (κ3) is 3.94. The summed E-state index contributed by atoms with van der Waals surface area (Å²) < 4.78 is 9.08. The maximum absolute atomic E-state index is 12.9. The van der Waals surface area contributed by atoms with E-state index in [1.807, 2.05) is 30.5 Å². The normalized spacial score (nSPS) is 11.1. The SMILES string of the molecule is CCn1ccc(NC(=O)c2cc3c(nc2OC)nc(Cc2ccccc2O)n3CC)n1. The Labute approximate surface area is 179 Å². The van der Waals surface area contributed by atoms with E-state index in [4.69, 9.17) is 4.74 Å². The molecule has 0 unspecified atom stereocenters. The molecule has 1 aromatic carbocycles. The fourth-order valence-electron chi connectivity index (χ4n) is 3.50. The first-order chi connectivity index (χ1) is 15.0. The molecule has 2 N–H and O–H groups in total. The molecule has 4 rings (SSSR count). The summed E-state index contributed by atoms with van der Waals surface area (Å²) in [5.74, 6) is 1.24. The van der Waals surface area contributed by atoms with Crippen molar-refractivity contribution in [2.24, 2.45) is 0 Å². The van der Waals surface area contributed by atoms with Crippen molar-refractivity contribution in [2.45, 2.75) is 33.4 Å². The first-order valence-electron chi connectivity index (χ1n) is 10.1. The number of benzene rings is 1. The molecule has 0 saturated carbocycles. The van der Waals surface area contributed by atoms with Gasteiger partial charge in [0.2, 0.25) is 5.88 Å². The Bertz CT molecular complexity index is 1240. The largest absolute Gasteiger partial charge is 0.508 e. The second-order valence-electron chi connectivity index (χ2n) is 6.98. The number of imidazole rings is 1. The Morgan fingerprint density at radius 3 is 2.65 bits per heavy atom. The third-order valence-electron chi connectivity index (χ3n) is 5.09. The van der Waals surface area contributed by atoms with Crippen molar-refractivity contribution in [2.75, 3.05) is 12.4 Å². The number of para-hydroxylation sites is 1. The Balaban J connectivity index is 1.73. The van der Waals surface area contributed by atoms with Gasteiger partial charge in [-0.3, -0.25) is 9.48 Å². The number of aryl methyl sites for hydroxylation is 2. The minimum atomic E-state index is -0.362. The number of nitrogens with one attached hydrogen (secondary N) is 1. The van der Waals surface area contributed by atoms with Gasteiger partial charge in [0.25, 0.3) is 5.91 Å². The lowest BCUT2D eigenvalue weighted by atomic mass is 10.1. The monoisotopic (exact) mass is 420 g/mol. The number of carbonyl (C=O) groups is 1. The first-order valence-corrected chi connectivity index (χ1v) is 10.1. The number of anilines is 1. The van der Waals surface area contributed by atoms with Crippen LogP contribution in [-0.2, 0) is 19.5 Å². The van der Waals surface area contributed by atoms with Crippen LogP contribution in [0.25, 0.3) is 11.2 Å². The zero-order chi connectivity index (χ0) is 22.0. The summed E-state index contributed by atoms with van der Waals surface area (Å²) in [6.45, 7) is 5.31. The van der Waals surface area contributed by atoms with Crippen molar-refractivity contribution in [3.63, 3.8) is 0 Å². The Morgan fingerprint density at radius 1 is 1.16 bits per heavy atom. The number of fused-ring (bicyclic) bond motifs is 1. The Kier molecular flexibility index (Phi) is 5.57. The number of aromatic nitrogens is 5. The van der Waals surface area contributed by atoms with Crippen LogP contribution in [0.3, 0.4) is 0 Å². The highest BCUT2D eigenvalue weighted by atomic mass is 16.5. The van der Waals surface area contributed by atoms with Gasteiger partial charge in [0.15, 0.2) is 11.5 Å². The average Bonchev–Trinajstić information content (AvgIpc) is 3.37. The average molecular weight is 420 g/mol. The van der Waals surface area contributed by atoms with Gasteiger partial charge in [0.05, 0.1) is 12.6 Å². The van der Waals surface area contributed by atoms with E-state index in [-0.39, 0.29) is 17.5 Å². The molecule has 3 aromatic heterocycles. The van der Waals surface area contributed by atoms with Gasteiger partial charge in [-0.25, -0.2) is 4.98 Å². The molecular formula is C22H24N6O3. The van der Waals surface area contributed by atoms with E-state index in [2.05, 4.69) is 20.4 Å². The van der Waals surface area contributed by atoms with E-state index < -0.39 is 0 Å². The Hall–Kier alpha value is -3.88. The van der Waals surface area contributed by atoms with Gasteiger partial charge < -0.3 is 19.7 Å². The van der Waals surface area contributed by atoms with Gasteiger partial charge in [-0.2, -0.15) is 10.1 Å². The van der Waals surface area contributed by atoms with Crippen LogP contribution in [0, 0.1) is 0 Å².